The summed E-state index contributed by atoms with van der Waals surface area (Å²) in [5, 5.41) is 5.72. The largest absolute Gasteiger partial charge is 0.348 e. The van der Waals surface area contributed by atoms with Gasteiger partial charge in [-0.05, 0) is 29.3 Å². The number of carbonyl (C=O) groups is 2. The van der Waals surface area contributed by atoms with Crippen LogP contribution in [-0.4, -0.2) is 11.8 Å². The summed E-state index contributed by atoms with van der Waals surface area (Å²) >= 11 is 0. The van der Waals surface area contributed by atoms with Crippen LogP contribution in [0.2, 0.25) is 0 Å². The van der Waals surface area contributed by atoms with E-state index in [1.807, 2.05) is 60.7 Å². The third-order valence-corrected chi connectivity index (χ3v) is 3.91. The molecule has 0 bridgehead atoms. The van der Waals surface area contributed by atoms with Gasteiger partial charge in [0.25, 0.3) is 5.91 Å². The first kappa shape index (κ1) is 17.4. The Bertz CT molecular complexity index is 877. The quantitative estimate of drug-likeness (QED) is 0.715. The van der Waals surface area contributed by atoms with Gasteiger partial charge < -0.3 is 10.6 Å². The molecule has 0 saturated heterocycles. The van der Waals surface area contributed by atoms with Crippen LogP contribution in [0.15, 0.2) is 84.9 Å². The molecule has 3 aromatic carbocycles. The number of amides is 2. The highest BCUT2D eigenvalue weighted by Gasteiger charge is 2.08. The molecule has 2 amide bonds. The minimum absolute atomic E-state index is 0.113. The zero-order valence-electron chi connectivity index (χ0n) is 14.3. The molecule has 0 spiro atoms. The molecule has 3 aromatic rings. The van der Waals surface area contributed by atoms with Gasteiger partial charge >= 0.3 is 0 Å². The maximum absolute atomic E-state index is 12.3. The van der Waals surface area contributed by atoms with Crippen LogP contribution in [-0.2, 0) is 17.8 Å². The summed E-state index contributed by atoms with van der Waals surface area (Å²) in [6.45, 7) is 0.463. The molecule has 0 saturated carbocycles. The topological polar surface area (TPSA) is 58.2 Å². The smallest absolute Gasteiger partial charge is 0.251 e. The van der Waals surface area contributed by atoms with Gasteiger partial charge in [0, 0.05) is 17.8 Å². The standard InChI is InChI=1S/C22H20N2O2/c25-21(14-17-8-3-1-4-9-17)24-20-13-7-12-19(15-20)22(26)23-16-18-10-5-2-6-11-18/h1-13,15H,14,16H2,(H,23,26)(H,24,25). The van der Waals surface area contributed by atoms with Gasteiger partial charge in [-0.3, -0.25) is 9.59 Å². The molecule has 0 unspecified atom stereocenters. The molecule has 26 heavy (non-hydrogen) atoms. The lowest BCUT2D eigenvalue weighted by molar-refractivity contribution is -0.115. The zero-order chi connectivity index (χ0) is 18.2. The second-order valence-electron chi connectivity index (χ2n) is 5.96. The number of anilines is 1. The first-order valence-corrected chi connectivity index (χ1v) is 8.47. The van der Waals surface area contributed by atoms with E-state index in [0.717, 1.165) is 11.1 Å². The summed E-state index contributed by atoms with van der Waals surface area (Å²) in [4.78, 5) is 24.5. The van der Waals surface area contributed by atoms with Crippen molar-refractivity contribution in [1.82, 2.24) is 5.32 Å². The van der Waals surface area contributed by atoms with E-state index < -0.39 is 0 Å². The van der Waals surface area contributed by atoms with Crippen LogP contribution >= 0.6 is 0 Å². The van der Waals surface area contributed by atoms with E-state index in [1.54, 1.807) is 24.3 Å². The number of hydrogen-bond donors (Lipinski definition) is 2. The number of rotatable bonds is 6. The van der Waals surface area contributed by atoms with Crippen molar-refractivity contribution in [1.29, 1.82) is 0 Å². The summed E-state index contributed by atoms with van der Waals surface area (Å²) in [5.41, 5.74) is 3.10. The summed E-state index contributed by atoms with van der Waals surface area (Å²) in [6.07, 6.45) is 0.297. The van der Waals surface area contributed by atoms with E-state index in [9.17, 15) is 9.59 Å². The normalized spacial score (nSPS) is 10.2. The fraction of sp³-hybridized carbons (Fsp3) is 0.0909. The fourth-order valence-electron chi connectivity index (χ4n) is 2.60. The summed E-state index contributed by atoms with van der Waals surface area (Å²) in [5.74, 6) is -0.286. The number of carbonyl (C=O) groups excluding carboxylic acids is 2. The Morgan fingerprint density at radius 2 is 1.38 bits per heavy atom. The van der Waals surface area contributed by atoms with Gasteiger partial charge in [-0.1, -0.05) is 66.7 Å². The first-order chi connectivity index (χ1) is 12.7. The van der Waals surface area contributed by atoms with E-state index in [0.29, 0.717) is 24.2 Å². The van der Waals surface area contributed by atoms with Crippen LogP contribution in [0, 0.1) is 0 Å². The molecular formula is C22H20N2O2. The molecule has 0 aliphatic heterocycles. The molecule has 0 aromatic heterocycles. The van der Waals surface area contributed by atoms with Crippen molar-refractivity contribution in [2.45, 2.75) is 13.0 Å². The van der Waals surface area contributed by atoms with E-state index in [-0.39, 0.29) is 11.8 Å². The fourth-order valence-corrected chi connectivity index (χ4v) is 2.60. The third kappa shape index (κ3) is 5.05. The molecule has 2 N–H and O–H groups in total. The average Bonchev–Trinajstić information content (AvgIpc) is 2.68. The summed E-state index contributed by atoms with van der Waals surface area (Å²) in [6, 6.07) is 26.2. The first-order valence-electron chi connectivity index (χ1n) is 8.47. The monoisotopic (exact) mass is 344 g/mol. The van der Waals surface area contributed by atoms with E-state index in [2.05, 4.69) is 10.6 Å². The molecule has 3 rings (SSSR count). The molecule has 0 heterocycles. The van der Waals surface area contributed by atoms with E-state index in [4.69, 9.17) is 0 Å². The SMILES string of the molecule is O=C(Cc1ccccc1)Nc1cccc(C(=O)NCc2ccccc2)c1. The van der Waals surface area contributed by atoms with Crippen LogP contribution in [0.3, 0.4) is 0 Å². The van der Waals surface area contributed by atoms with E-state index >= 15 is 0 Å². The van der Waals surface area contributed by atoms with Crippen molar-refractivity contribution >= 4 is 17.5 Å². The van der Waals surface area contributed by atoms with Crippen LogP contribution in [0.4, 0.5) is 5.69 Å². The van der Waals surface area contributed by atoms with Gasteiger partial charge in [-0.2, -0.15) is 0 Å². The van der Waals surface area contributed by atoms with Crippen molar-refractivity contribution < 1.29 is 9.59 Å². The summed E-state index contributed by atoms with van der Waals surface area (Å²) < 4.78 is 0. The van der Waals surface area contributed by atoms with Gasteiger partial charge in [-0.15, -0.1) is 0 Å². The van der Waals surface area contributed by atoms with Crippen molar-refractivity contribution in [3.8, 4) is 0 Å². The second kappa shape index (κ2) is 8.62. The van der Waals surface area contributed by atoms with Crippen LogP contribution in [0.5, 0.6) is 0 Å². The molecule has 0 radical (unpaired) electrons. The minimum atomic E-state index is -0.173. The number of benzene rings is 3. The van der Waals surface area contributed by atoms with Crippen molar-refractivity contribution in [3.63, 3.8) is 0 Å². The number of hydrogen-bond acceptors (Lipinski definition) is 2. The molecule has 4 nitrogen and oxygen atoms in total. The summed E-state index contributed by atoms with van der Waals surface area (Å²) in [7, 11) is 0. The van der Waals surface area contributed by atoms with E-state index in [1.165, 1.54) is 0 Å². The molecule has 0 atom stereocenters. The average molecular weight is 344 g/mol. The van der Waals surface area contributed by atoms with Crippen LogP contribution in [0.25, 0.3) is 0 Å². The highest BCUT2D eigenvalue weighted by Crippen LogP contribution is 2.12. The molecule has 0 aliphatic carbocycles. The van der Waals surface area contributed by atoms with Gasteiger partial charge in [0.1, 0.15) is 0 Å². The lowest BCUT2D eigenvalue weighted by Gasteiger charge is -2.09. The highest BCUT2D eigenvalue weighted by atomic mass is 16.2. The number of nitrogens with one attached hydrogen (secondary N) is 2. The zero-order valence-corrected chi connectivity index (χ0v) is 14.3. The van der Waals surface area contributed by atoms with Crippen molar-refractivity contribution in [3.05, 3.63) is 102 Å². The van der Waals surface area contributed by atoms with Crippen molar-refractivity contribution in [2.24, 2.45) is 0 Å². The second-order valence-corrected chi connectivity index (χ2v) is 5.96. The highest BCUT2D eigenvalue weighted by molar-refractivity contribution is 5.97. The molecule has 130 valence electrons. The van der Waals surface area contributed by atoms with Gasteiger partial charge in [0.2, 0.25) is 5.91 Å². The Hall–Kier alpha value is -3.40. The third-order valence-electron chi connectivity index (χ3n) is 3.91. The maximum atomic E-state index is 12.3. The lowest BCUT2D eigenvalue weighted by atomic mass is 10.1. The Balaban J connectivity index is 1.58. The van der Waals surface area contributed by atoms with Crippen molar-refractivity contribution in [2.75, 3.05) is 5.32 Å². The van der Waals surface area contributed by atoms with Crippen LogP contribution in [0.1, 0.15) is 21.5 Å². The Morgan fingerprint density at radius 3 is 2.08 bits per heavy atom. The van der Waals surface area contributed by atoms with Crippen LogP contribution < -0.4 is 10.6 Å². The lowest BCUT2D eigenvalue weighted by Crippen LogP contribution is -2.23. The van der Waals surface area contributed by atoms with Gasteiger partial charge in [-0.25, -0.2) is 0 Å². The Morgan fingerprint density at radius 1 is 0.731 bits per heavy atom. The molecule has 0 fully saturated rings. The van der Waals surface area contributed by atoms with Gasteiger partial charge in [0.05, 0.1) is 6.42 Å². The van der Waals surface area contributed by atoms with Gasteiger partial charge in [0.15, 0.2) is 0 Å². The maximum Gasteiger partial charge on any atom is 0.251 e. The minimum Gasteiger partial charge on any atom is -0.348 e. The predicted molar refractivity (Wildman–Crippen MR) is 103 cm³/mol. The Kier molecular flexibility index (Phi) is 5.78. The molecule has 0 aliphatic rings. The molecular weight excluding hydrogens is 324 g/mol. The predicted octanol–water partition coefficient (Wildman–Crippen LogP) is 3.80. The molecule has 4 heteroatoms. The Labute approximate surface area is 152 Å².